The molecule has 3 heterocycles. The second-order valence-corrected chi connectivity index (χ2v) is 11.3. The van der Waals surface area contributed by atoms with Gasteiger partial charge in [0.25, 0.3) is 0 Å². The van der Waals surface area contributed by atoms with Crippen molar-refractivity contribution in [1.29, 1.82) is 0 Å². The molecular weight excluding hydrogens is 520 g/mol. The molecule has 0 radical (unpaired) electrons. The van der Waals surface area contributed by atoms with E-state index in [0.717, 1.165) is 59.6 Å². The Morgan fingerprint density at radius 3 is 2.52 bits per heavy atom. The average Bonchev–Trinajstić information content (AvgIpc) is 3.52. The fourth-order valence-electron chi connectivity index (χ4n) is 6.52. The highest BCUT2D eigenvalue weighted by Crippen LogP contribution is 2.63. The first-order valence-electron chi connectivity index (χ1n) is 13.8. The molecule has 1 aliphatic carbocycles. The van der Waals surface area contributed by atoms with Crippen LogP contribution in [0, 0.1) is 5.21 Å². The lowest BCUT2D eigenvalue weighted by Gasteiger charge is -2.25. The number of tetrazole rings is 1. The van der Waals surface area contributed by atoms with E-state index >= 15 is 0 Å². The average molecular weight is 549 g/mol. The van der Waals surface area contributed by atoms with Crippen molar-refractivity contribution in [2.45, 2.75) is 36.5 Å². The quantitative estimate of drug-likeness (QED) is 0.222. The third-order valence-electron chi connectivity index (χ3n) is 8.61. The maximum Gasteiger partial charge on any atom is 0.204 e. The molecule has 1 unspecified atom stereocenters. The second kappa shape index (κ2) is 10.2. The van der Waals surface area contributed by atoms with Gasteiger partial charge >= 0.3 is 0 Å². The van der Waals surface area contributed by atoms with E-state index in [9.17, 15) is 5.21 Å². The van der Waals surface area contributed by atoms with Crippen LogP contribution in [-0.2, 0) is 5.41 Å². The Bertz CT molecular complexity index is 1650. The Labute approximate surface area is 238 Å². The summed E-state index contributed by atoms with van der Waals surface area (Å²) in [4.78, 5) is 0. The fourth-order valence-corrected chi connectivity index (χ4v) is 6.69. The smallest absolute Gasteiger partial charge is 0.204 e. The van der Waals surface area contributed by atoms with Crippen molar-refractivity contribution in [3.63, 3.8) is 0 Å². The Morgan fingerprint density at radius 1 is 0.925 bits per heavy atom. The third kappa shape index (κ3) is 4.35. The Morgan fingerprint density at radius 2 is 1.75 bits per heavy atom. The van der Waals surface area contributed by atoms with Gasteiger partial charge in [-0.05, 0) is 89.7 Å². The number of nitrogens with one attached hydrogen (secondary N) is 1. The van der Waals surface area contributed by atoms with E-state index in [0.29, 0.717) is 10.9 Å². The van der Waals surface area contributed by atoms with Crippen LogP contribution in [0.25, 0.3) is 16.8 Å². The fraction of sp³-hybridized carbons (Fsp3) is 0.250. The van der Waals surface area contributed by atoms with Crippen LogP contribution in [0.3, 0.4) is 0 Å². The van der Waals surface area contributed by atoms with Gasteiger partial charge in [-0.3, -0.25) is 0 Å². The molecule has 0 amide bonds. The van der Waals surface area contributed by atoms with E-state index in [-0.39, 0.29) is 5.92 Å². The molecule has 2 aliphatic rings. The number of pyridine rings is 1. The van der Waals surface area contributed by atoms with Gasteiger partial charge in [0.2, 0.25) is 5.69 Å². The highest BCUT2D eigenvalue weighted by Gasteiger charge is 2.61. The SMILES string of the molecule is [O-][n+]1cc(-c2cc(Cl)ccc2-n2cnnn2)ccc1C1(c2cccc(C3CCNCC3)c2)C[C@H]1c1ccccc1. The first kappa shape index (κ1) is 24.9. The van der Waals surface area contributed by atoms with E-state index in [4.69, 9.17) is 11.6 Å². The molecule has 5 aromatic rings. The number of halogens is 1. The Balaban J connectivity index is 1.33. The topological polar surface area (TPSA) is 82.6 Å². The van der Waals surface area contributed by atoms with Gasteiger partial charge in [0.05, 0.1) is 11.1 Å². The molecule has 1 saturated heterocycles. The molecule has 1 saturated carbocycles. The lowest BCUT2D eigenvalue weighted by Crippen LogP contribution is -2.37. The summed E-state index contributed by atoms with van der Waals surface area (Å²) in [5.41, 5.74) is 6.50. The normalized spacial score (nSPS) is 20.9. The molecule has 0 spiro atoms. The maximum absolute atomic E-state index is 13.9. The number of hydrogen-bond acceptors (Lipinski definition) is 5. The van der Waals surface area contributed by atoms with Crippen LogP contribution in [0.4, 0.5) is 0 Å². The van der Waals surface area contributed by atoms with E-state index in [2.05, 4.69) is 69.4 Å². The lowest BCUT2D eigenvalue weighted by molar-refractivity contribution is -0.615. The summed E-state index contributed by atoms with van der Waals surface area (Å²) in [5.74, 6) is 0.771. The molecule has 7 rings (SSSR count). The molecule has 1 N–H and O–H groups in total. The molecule has 2 atom stereocenters. The van der Waals surface area contributed by atoms with Gasteiger partial charge in [0, 0.05) is 28.1 Å². The Hall–Kier alpha value is -4.07. The minimum atomic E-state index is -0.391. The van der Waals surface area contributed by atoms with Crippen LogP contribution in [0.1, 0.15) is 53.5 Å². The van der Waals surface area contributed by atoms with E-state index in [1.54, 1.807) is 16.9 Å². The van der Waals surface area contributed by atoms with Crippen molar-refractivity contribution < 1.29 is 4.73 Å². The molecule has 0 bridgehead atoms. The molecule has 7 nitrogen and oxygen atoms in total. The van der Waals surface area contributed by atoms with Gasteiger partial charge in [0.1, 0.15) is 6.33 Å². The van der Waals surface area contributed by atoms with Crippen LogP contribution < -0.4 is 10.0 Å². The summed E-state index contributed by atoms with van der Waals surface area (Å²) < 4.78 is 2.63. The van der Waals surface area contributed by atoms with Crippen molar-refractivity contribution in [2.75, 3.05) is 13.1 Å². The van der Waals surface area contributed by atoms with Gasteiger partial charge in [-0.1, -0.05) is 66.2 Å². The third-order valence-corrected chi connectivity index (χ3v) is 8.85. The summed E-state index contributed by atoms with van der Waals surface area (Å²) in [7, 11) is 0. The lowest BCUT2D eigenvalue weighted by atomic mass is 9.83. The molecule has 8 heteroatoms. The predicted octanol–water partition coefficient (Wildman–Crippen LogP) is 5.56. The van der Waals surface area contributed by atoms with Gasteiger partial charge < -0.3 is 10.5 Å². The number of hydrogen-bond donors (Lipinski definition) is 1. The number of piperidine rings is 1. The van der Waals surface area contributed by atoms with Crippen molar-refractivity contribution in [3.8, 4) is 16.8 Å². The van der Waals surface area contributed by atoms with Gasteiger partial charge in [0.15, 0.2) is 6.20 Å². The summed E-state index contributed by atoms with van der Waals surface area (Å²) in [6, 6.07) is 29.0. The Kier molecular flexibility index (Phi) is 6.33. The van der Waals surface area contributed by atoms with Gasteiger partial charge in [-0.15, -0.1) is 5.10 Å². The van der Waals surface area contributed by atoms with Crippen molar-refractivity contribution in [2.24, 2.45) is 0 Å². The van der Waals surface area contributed by atoms with Gasteiger partial charge in [-0.25, -0.2) is 0 Å². The van der Waals surface area contributed by atoms with E-state index < -0.39 is 5.41 Å². The minimum absolute atomic E-state index is 0.228. The molecule has 200 valence electrons. The molecular formula is C32H29ClN6O. The number of nitrogens with zero attached hydrogens (tertiary/aromatic N) is 5. The highest BCUT2D eigenvalue weighted by molar-refractivity contribution is 6.31. The summed E-state index contributed by atoms with van der Waals surface area (Å²) in [5, 5.41) is 29.6. The van der Waals surface area contributed by atoms with Crippen molar-refractivity contribution in [3.05, 3.63) is 130 Å². The van der Waals surface area contributed by atoms with Crippen LogP contribution in [-0.4, -0.2) is 33.3 Å². The summed E-state index contributed by atoms with van der Waals surface area (Å²) in [6.07, 6.45) is 6.36. The standard InChI is InChI=1S/C32H29ClN6O/c33-27-10-11-30(38-21-35-36-37-38)28(18-27)25-9-12-31(39(40)20-25)32(19-29(32)23-5-2-1-3-6-23)26-8-4-7-24(17-26)22-13-15-34-16-14-22/h1-12,17-18,20-22,29,34H,13-16,19H2/t29-,32?/m0/s1. The van der Waals surface area contributed by atoms with Gasteiger partial charge in [-0.2, -0.15) is 9.41 Å². The number of aromatic nitrogens is 5. The zero-order chi connectivity index (χ0) is 27.1. The largest absolute Gasteiger partial charge is 0.618 e. The van der Waals surface area contributed by atoms with Crippen LogP contribution >= 0.6 is 11.6 Å². The molecule has 3 aromatic carbocycles. The molecule has 2 aromatic heterocycles. The zero-order valence-corrected chi connectivity index (χ0v) is 22.7. The maximum atomic E-state index is 13.9. The minimum Gasteiger partial charge on any atom is -0.618 e. The van der Waals surface area contributed by atoms with Crippen molar-refractivity contribution >= 4 is 11.6 Å². The van der Waals surface area contributed by atoms with Crippen LogP contribution in [0.5, 0.6) is 0 Å². The molecule has 40 heavy (non-hydrogen) atoms. The van der Waals surface area contributed by atoms with E-state index in [1.807, 2.05) is 30.3 Å². The second-order valence-electron chi connectivity index (χ2n) is 10.8. The van der Waals surface area contributed by atoms with Crippen LogP contribution in [0.2, 0.25) is 5.02 Å². The van der Waals surface area contributed by atoms with Crippen LogP contribution in [0.15, 0.2) is 97.5 Å². The predicted molar refractivity (Wildman–Crippen MR) is 154 cm³/mol. The highest BCUT2D eigenvalue weighted by atomic mass is 35.5. The first-order chi connectivity index (χ1) is 19.6. The number of benzene rings is 3. The first-order valence-corrected chi connectivity index (χ1v) is 14.1. The zero-order valence-electron chi connectivity index (χ0n) is 22.0. The van der Waals surface area contributed by atoms with Crippen molar-refractivity contribution in [1.82, 2.24) is 25.5 Å². The van der Waals surface area contributed by atoms with E-state index in [1.165, 1.54) is 23.0 Å². The summed E-state index contributed by atoms with van der Waals surface area (Å²) in [6.45, 7) is 2.09. The number of rotatable bonds is 6. The monoisotopic (exact) mass is 548 g/mol. The molecule has 2 fully saturated rings. The summed E-state index contributed by atoms with van der Waals surface area (Å²) >= 11 is 6.38. The molecule has 1 aliphatic heterocycles.